The van der Waals surface area contributed by atoms with Crippen molar-refractivity contribution in [2.75, 3.05) is 38.0 Å². The first kappa shape index (κ1) is 36.9. The molecule has 3 atom stereocenters. The minimum atomic E-state index is -0.734. The molecule has 248 valence electrons. The number of hydrogen-bond donors (Lipinski definition) is 2. The maximum Gasteiger partial charge on any atom is 0.328 e. The number of fused-ring (bicyclic) bond motifs is 1. The first-order chi connectivity index (χ1) is 22.1. The number of esters is 1. The van der Waals surface area contributed by atoms with Gasteiger partial charge in [0.25, 0.3) is 5.69 Å². The smallest absolute Gasteiger partial charge is 0.328 e. The number of nitro benzene ring substituents is 1. The molecule has 3 rings (SSSR count). The predicted octanol–water partition coefficient (Wildman–Crippen LogP) is 5.43. The van der Waals surface area contributed by atoms with Crippen LogP contribution in [-0.2, 0) is 31.4 Å². The topological polar surface area (TPSA) is 131 Å². The number of methoxy groups -OCH3 is 1. The van der Waals surface area contributed by atoms with Gasteiger partial charge in [-0.2, -0.15) is 11.8 Å². The Morgan fingerprint density at radius 2 is 1.72 bits per heavy atom. The average molecular weight is 669 g/mol. The van der Waals surface area contributed by atoms with Crippen molar-refractivity contribution in [2.24, 2.45) is 5.92 Å². The lowest BCUT2D eigenvalue weighted by atomic mass is 9.97. The number of ether oxygens (including phenoxy) is 1. The molecule has 2 N–H and O–H groups in total. The van der Waals surface area contributed by atoms with Gasteiger partial charge in [-0.15, -0.1) is 11.8 Å². The zero-order valence-electron chi connectivity index (χ0n) is 26.9. The zero-order valence-corrected chi connectivity index (χ0v) is 28.5. The van der Waals surface area contributed by atoms with Crippen LogP contribution in [0.4, 0.5) is 5.69 Å². The molecule has 0 saturated heterocycles. The summed E-state index contributed by atoms with van der Waals surface area (Å²) in [6, 6.07) is 19.6. The molecule has 0 saturated carbocycles. The van der Waals surface area contributed by atoms with Crippen molar-refractivity contribution in [3.05, 3.63) is 88.0 Å². The first-order valence-corrected chi connectivity index (χ1v) is 17.9. The monoisotopic (exact) mass is 668 g/mol. The zero-order chi connectivity index (χ0) is 33.5. The van der Waals surface area contributed by atoms with E-state index in [4.69, 9.17) is 4.74 Å². The number of benzene rings is 3. The van der Waals surface area contributed by atoms with E-state index in [0.717, 1.165) is 28.3 Å². The van der Waals surface area contributed by atoms with Crippen LogP contribution in [0.3, 0.4) is 0 Å². The summed E-state index contributed by atoms with van der Waals surface area (Å²) in [6.07, 6.45) is 3.24. The van der Waals surface area contributed by atoms with E-state index >= 15 is 0 Å². The van der Waals surface area contributed by atoms with Gasteiger partial charge in [0.1, 0.15) is 6.04 Å². The van der Waals surface area contributed by atoms with Gasteiger partial charge in [-0.25, -0.2) is 4.79 Å². The standard InChI is InChI=1S/C34H44N4O6S2/c1-5-24(2)31(36-33(40)23-46-22-25-13-15-28(16-14-25)38(42)43)20-37(19-27-11-8-10-26-9-6-7-12-29(26)27)21-32(39)35-30(17-18-45-4)34(41)44-3/h6-16,24,30-31H,5,17-23H2,1-4H3,(H,35,39)(H,36,40)/t24-,30-,31+/m0/s1. The fraction of sp³-hybridized carbons (Fsp3) is 0.441. The van der Waals surface area contributed by atoms with Crippen molar-refractivity contribution in [3.63, 3.8) is 0 Å². The average Bonchev–Trinajstić information content (AvgIpc) is 3.05. The summed E-state index contributed by atoms with van der Waals surface area (Å²) in [5.74, 6) is 0.725. The predicted molar refractivity (Wildman–Crippen MR) is 187 cm³/mol. The Kier molecular flexibility index (Phi) is 15.3. The number of amides is 2. The van der Waals surface area contributed by atoms with E-state index < -0.39 is 16.9 Å². The van der Waals surface area contributed by atoms with Crippen LogP contribution < -0.4 is 10.6 Å². The SMILES string of the molecule is CC[C@H](C)[C@@H](CN(CC(=O)N[C@@H](CCSC)C(=O)OC)Cc1cccc2ccccc12)NC(=O)CSCc1ccc([N+](=O)[O-])cc1. The minimum absolute atomic E-state index is 0.0328. The maximum atomic E-state index is 13.4. The van der Waals surface area contributed by atoms with E-state index in [9.17, 15) is 24.5 Å². The maximum absolute atomic E-state index is 13.4. The van der Waals surface area contributed by atoms with Gasteiger partial charge in [0, 0.05) is 37.0 Å². The molecule has 0 spiro atoms. The highest BCUT2D eigenvalue weighted by Crippen LogP contribution is 2.22. The van der Waals surface area contributed by atoms with Gasteiger partial charge >= 0.3 is 5.97 Å². The van der Waals surface area contributed by atoms with E-state index in [1.165, 1.54) is 31.0 Å². The second-order valence-electron chi connectivity index (χ2n) is 11.2. The Labute approximate surface area is 279 Å². The lowest BCUT2D eigenvalue weighted by Gasteiger charge is -2.31. The number of nitro groups is 1. The summed E-state index contributed by atoms with van der Waals surface area (Å²) in [7, 11) is 1.32. The molecule has 0 bridgehead atoms. The number of carbonyl (C=O) groups is 3. The largest absolute Gasteiger partial charge is 0.467 e. The minimum Gasteiger partial charge on any atom is -0.467 e. The Morgan fingerprint density at radius 1 is 1.00 bits per heavy atom. The number of thioether (sulfide) groups is 2. The third-order valence-electron chi connectivity index (χ3n) is 7.85. The second kappa shape index (κ2) is 19.1. The van der Waals surface area contributed by atoms with Gasteiger partial charge in [-0.3, -0.25) is 24.6 Å². The fourth-order valence-electron chi connectivity index (χ4n) is 5.08. The highest BCUT2D eigenvalue weighted by Gasteiger charge is 2.26. The summed E-state index contributed by atoms with van der Waals surface area (Å²) in [6.45, 7) is 5.09. The molecule has 0 radical (unpaired) electrons. The van der Waals surface area contributed by atoms with Crippen LogP contribution in [0.1, 0.15) is 37.8 Å². The summed E-state index contributed by atoms with van der Waals surface area (Å²) in [5.41, 5.74) is 1.99. The number of non-ortho nitro benzene ring substituents is 1. The van der Waals surface area contributed by atoms with Crippen LogP contribution in [0.5, 0.6) is 0 Å². The Morgan fingerprint density at radius 3 is 2.39 bits per heavy atom. The third kappa shape index (κ3) is 11.6. The number of carbonyl (C=O) groups excluding carboxylic acids is 3. The van der Waals surface area contributed by atoms with E-state index in [0.29, 0.717) is 31.0 Å². The highest BCUT2D eigenvalue weighted by atomic mass is 32.2. The van der Waals surface area contributed by atoms with Gasteiger partial charge in [-0.05, 0) is 46.2 Å². The van der Waals surface area contributed by atoms with Gasteiger partial charge in [0.15, 0.2) is 0 Å². The summed E-state index contributed by atoms with van der Waals surface area (Å²) in [5, 5.41) is 19.2. The second-order valence-corrected chi connectivity index (χ2v) is 13.2. The van der Waals surface area contributed by atoms with Gasteiger partial charge < -0.3 is 15.4 Å². The van der Waals surface area contributed by atoms with Crippen LogP contribution in [0, 0.1) is 16.0 Å². The lowest BCUT2D eigenvalue weighted by Crippen LogP contribution is -2.51. The van der Waals surface area contributed by atoms with Crippen LogP contribution in [-0.4, -0.2) is 77.7 Å². The van der Waals surface area contributed by atoms with Gasteiger partial charge in [-0.1, -0.05) is 74.9 Å². The molecule has 12 heteroatoms. The Bertz CT molecular complexity index is 1450. The molecular formula is C34H44N4O6S2. The highest BCUT2D eigenvalue weighted by molar-refractivity contribution is 7.99. The molecule has 0 aliphatic heterocycles. The molecule has 10 nitrogen and oxygen atoms in total. The fourth-order valence-corrected chi connectivity index (χ4v) is 6.35. The molecule has 0 unspecified atom stereocenters. The molecule has 0 aliphatic rings. The van der Waals surface area contributed by atoms with Crippen molar-refractivity contribution in [2.45, 2.75) is 51.1 Å². The molecule has 0 aliphatic carbocycles. The van der Waals surface area contributed by atoms with Crippen LogP contribution in [0.15, 0.2) is 66.7 Å². The molecule has 0 heterocycles. The number of rotatable bonds is 19. The van der Waals surface area contributed by atoms with Crippen molar-refractivity contribution in [3.8, 4) is 0 Å². The van der Waals surface area contributed by atoms with E-state index in [1.54, 1.807) is 23.9 Å². The molecule has 0 aromatic heterocycles. The van der Waals surface area contributed by atoms with Gasteiger partial charge in [0.05, 0.1) is 24.3 Å². The molecule has 46 heavy (non-hydrogen) atoms. The number of nitrogens with one attached hydrogen (secondary N) is 2. The van der Waals surface area contributed by atoms with Crippen LogP contribution in [0.25, 0.3) is 10.8 Å². The molecule has 2 amide bonds. The first-order valence-electron chi connectivity index (χ1n) is 15.3. The van der Waals surface area contributed by atoms with Crippen molar-refractivity contribution in [1.82, 2.24) is 15.5 Å². The quantitative estimate of drug-likeness (QED) is 0.0976. The molecule has 0 fully saturated rings. The van der Waals surface area contributed by atoms with Crippen LogP contribution >= 0.6 is 23.5 Å². The molecule has 3 aromatic rings. The lowest BCUT2D eigenvalue weighted by molar-refractivity contribution is -0.384. The normalized spacial score (nSPS) is 13.2. The Hall–Kier alpha value is -3.61. The summed E-state index contributed by atoms with van der Waals surface area (Å²) < 4.78 is 4.94. The van der Waals surface area contributed by atoms with Crippen molar-refractivity contribution < 1.29 is 24.0 Å². The summed E-state index contributed by atoms with van der Waals surface area (Å²) in [4.78, 5) is 51.4. The molecular weight excluding hydrogens is 625 g/mol. The summed E-state index contributed by atoms with van der Waals surface area (Å²) >= 11 is 3.03. The van der Waals surface area contributed by atoms with E-state index in [-0.39, 0.29) is 41.8 Å². The number of hydrogen-bond acceptors (Lipinski definition) is 9. The van der Waals surface area contributed by atoms with Crippen LogP contribution in [0.2, 0.25) is 0 Å². The van der Waals surface area contributed by atoms with Crippen molar-refractivity contribution >= 4 is 57.8 Å². The Balaban J connectivity index is 1.74. The van der Waals surface area contributed by atoms with E-state index in [2.05, 4.69) is 48.7 Å². The molecule has 3 aromatic carbocycles. The van der Waals surface area contributed by atoms with E-state index in [1.807, 2.05) is 29.4 Å². The van der Waals surface area contributed by atoms with Crippen molar-refractivity contribution in [1.29, 1.82) is 0 Å². The number of nitrogens with zero attached hydrogens (tertiary/aromatic N) is 2. The van der Waals surface area contributed by atoms with Gasteiger partial charge in [0.2, 0.25) is 11.8 Å². The third-order valence-corrected chi connectivity index (χ3v) is 9.50.